The van der Waals surface area contributed by atoms with Gasteiger partial charge in [0.15, 0.2) is 5.82 Å². The Morgan fingerprint density at radius 2 is 2.33 bits per heavy atom. The van der Waals surface area contributed by atoms with Gasteiger partial charge in [0.25, 0.3) is 0 Å². The third-order valence-electron chi connectivity index (χ3n) is 3.23. The Kier molecular flexibility index (Phi) is 4.30. The molecule has 0 spiro atoms. The van der Waals surface area contributed by atoms with Crippen molar-refractivity contribution in [3.8, 4) is 0 Å². The van der Waals surface area contributed by atoms with Crippen LogP contribution in [0, 0.1) is 0 Å². The number of fused-ring (bicyclic) bond motifs is 1. The van der Waals surface area contributed by atoms with Crippen LogP contribution in [0.5, 0.6) is 0 Å². The molecule has 2 rings (SSSR count). The number of hydrogen-bond donors (Lipinski definition) is 2. The first-order chi connectivity index (χ1) is 8.72. The smallest absolute Gasteiger partial charge is 0.220 e. The van der Waals surface area contributed by atoms with Gasteiger partial charge < -0.3 is 15.2 Å². The first-order valence-corrected chi connectivity index (χ1v) is 6.58. The van der Waals surface area contributed by atoms with E-state index < -0.39 is 0 Å². The molecule has 1 atom stereocenters. The topological polar surface area (TPSA) is 71.8 Å². The summed E-state index contributed by atoms with van der Waals surface area (Å²) in [6.07, 6.45) is 3.52. The Bertz CT molecular complexity index is 415. The normalized spacial score (nSPS) is 15.4. The highest BCUT2D eigenvalue weighted by molar-refractivity contribution is 5.76. The molecule has 18 heavy (non-hydrogen) atoms. The Morgan fingerprint density at radius 3 is 3.11 bits per heavy atom. The standard InChI is InChI=1S/C12H21N5O/c1-9(14-11(18)6-3-7-13-2)12-16-15-10-5-4-8-17(10)12/h9,13H,3-8H2,1-2H3,(H,14,18). The van der Waals surface area contributed by atoms with Gasteiger partial charge in [-0.1, -0.05) is 0 Å². The first-order valence-electron chi connectivity index (χ1n) is 6.58. The van der Waals surface area contributed by atoms with E-state index in [1.165, 1.54) is 0 Å². The molecule has 100 valence electrons. The summed E-state index contributed by atoms with van der Waals surface area (Å²) in [5, 5.41) is 14.3. The number of carbonyl (C=O) groups is 1. The third-order valence-corrected chi connectivity index (χ3v) is 3.23. The molecule has 1 aliphatic rings. The van der Waals surface area contributed by atoms with E-state index >= 15 is 0 Å². The molecule has 0 aliphatic carbocycles. The second kappa shape index (κ2) is 5.95. The molecular weight excluding hydrogens is 230 g/mol. The molecule has 1 aromatic rings. The number of amides is 1. The maximum atomic E-state index is 11.7. The fourth-order valence-corrected chi connectivity index (χ4v) is 2.30. The van der Waals surface area contributed by atoms with Crippen LogP contribution in [0.15, 0.2) is 0 Å². The van der Waals surface area contributed by atoms with E-state index in [9.17, 15) is 4.79 Å². The molecule has 1 amide bonds. The van der Waals surface area contributed by atoms with Crippen LogP contribution in [0.2, 0.25) is 0 Å². The molecule has 0 saturated carbocycles. The summed E-state index contributed by atoms with van der Waals surface area (Å²) in [7, 11) is 1.89. The largest absolute Gasteiger partial charge is 0.346 e. The minimum atomic E-state index is -0.0635. The number of aryl methyl sites for hydroxylation is 1. The molecule has 6 heteroatoms. The van der Waals surface area contributed by atoms with E-state index in [4.69, 9.17) is 0 Å². The van der Waals surface area contributed by atoms with Gasteiger partial charge in [-0.15, -0.1) is 10.2 Å². The van der Waals surface area contributed by atoms with Crippen LogP contribution in [-0.2, 0) is 17.8 Å². The van der Waals surface area contributed by atoms with Crippen molar-refractivity contribution in [2.75, 3.05) is 13.6 Å². The lowest BCUT2D eigenvalue weighted by molar-refractivity contribution is -0.121. The van der Waals surface area contributed by atoms with E-state index in [1.807, 2.05) is 14.0 Å². The molecule has 0 aromatic carbocycles. The van der Waals surface area contributed by atoms with E-state index in [0.29, 0.717) is 6.42 Å². The zero-order valence-corrected chi connectivity index (χ0v) is 11.1. The van der Waals surface area contributed by atoms with Gasteiger partial charge in [-0.3, -0.25) is 4.79 Å². The van der Waals surface area contributed by atoms with Crippen LogP contribution >= 0.6 is 0 Å². The van der Waals surface area contributed by atoms with Gasteiger partial charge in [0.1, 0.15) is 5.82 Å². The second-order valence-corrected chi connectivity index (χ2v) is 4.73. The molecule has 2 N–H and O–H groups in total. The summed E-state index contributed by atoms with van der Waals surface area (Å²) >= 11 is 0. The molecule has 1 aromatic heterocycles. The number of rotatable bonds is 6. The van der Waals surface area contributed by atoms with E-state index in [1.54, 1.807) is 0 Å². The Labute approximate surface area is 107 Å². The predicted molar refractivity (Wildman–Crippen MR) is 68.1 cm³/mol. The van der Waals surface area contributed by atoms with Crippen LogP contribution in [0.1, 0.15) is 43.9 Å². The van der Waals surface area contributed by atoms with Crippen LogP contribution in [0.3, 0.4) is 0 Å². The van der Waals surface area contributed by atoms with Crippen molar-refractivity contribution in [2.24, 2.45) is 0 Å². The van der Waals surface area contributed by atoms with Crippen molar-refractivity contribution in [3.05, 3.63) is 11.6 Å². The lowest BCUT2D eigenvalue weighted by Crippen LogP contribution is -2.29. The lowest BCUT2D eigenvalue weighted by atomic mass is 10.2. The number of carbonyl (C=O) groups excluding carboxylic acids is 1. The Balaban J connectivity index is 1.87. The average molecular weight is 251 g/mol. The zero-order chi connectivity index (χ0) is 13.0. The van der Waals surface area contributed by atoms with Crippen molar-refractivity contribution in [1.82, 2.24) is 25.4 Å². The maximum Gasteiger partial charge on any atom is 0.220 e. The minimum Gasteiger partial charge on any atom is -0.346 e. The summed E-state index contributed by atoms with van der Waals surface area (Å²) in [5.74, 6) is 2.00. The van der Waals surface area contributed by atoms with Crippen LogP contribution in [0.4, 0.5) is 0 Å². The second-order valence-electron chi connectivity index (χ2n) is 4.73. The molecule has 0 radical (unpaired) electrons. The molecule has 0 fully saturated rings. The predicted octanol–water partition coefficient (Wildman–Crippen LogP) is 0.401. The molecule has 6 nitrogen and oxygen atoms in total. The highest BCUT2D eigenvalue weighted by atomic mass is 16.1. The number of nitrogens with one attached hydrogen (secondary N) is 2. The summed E-state index contributed by atoms with van der Waals surface area (Å²) in [4.78, 5) is 11.7. The van der Waals surface area contributed by atoms with Crippen molar-refractivity contribution in [1.29, 1.82) is 0 Å². The summed E-state index contributed by atoms with van der Waals surface area (Å²) < 4.78 is 2.12. The van der Waals surface area contributed by atoms with Crippen molar-refractivity contribution >= 4 is 5.91 Å². The van der Waals surface area contributed by atoms with Crippen molar-refractivity contribution in [3.63, 3.8) is 0 Å². The van der Waals surface area contributed by atoms with Crippen LogP contribution in [-0.4, -0.2) is 34.3 Å². The van der Waals surface area contributed by atoms with Gasteiger partial charge in [0, 0.05) is 19.4 Å². The van der Waals surface area contributed by atoms with Gasteiger partial charge in [-0.05, 0) is 33.4 Å². The first kappa shape index (κ1) is 13.0. The van der Waals surface area contributed by atoms with Crippen LogP contribution in [0.25, 0.3) is 0 Å². The van der Waals surface area contributed by atoms with Crippen molar-refractivity contribution < 1.29 is 4.79 Å². The molecule has 1 unspecified atom stereocenters. The lowest BCUT2D eigenvalue weighted by Gasteiger charge is -2.13. The van der Waals surface area contributed by atoms with Gasteiger partial charge in [0.05, 0.1) is 6.04 Å². The van der Waals surface area contributed by atoms with Gasteiger partial charge in [-0.25, -0.2) is 0 Å². The van der Waals surface area contributed by atoms with E-state index in [-0.39, 0.29) is 11.9 Å². The van der Waals surface area contributed by atoms with Gasteiger partial charge in [-0.2, -0.15) is 0 Å². The highest BCUT2D eigenvalue weighted by Gasteiger charge is 2.21. The van der Waals surface area contributed by atoms with Crippen LogP contribution < -0.4 is 10.6 Å². The monoisotopic (exact) mass is 251 g/mol. The fraction of sp³-hybridized carbons (Fsp3) is 0.750. The minimum absolute atomic E-state index is 0.0635. The maximum absolute atomic E-state index is 11.7. The Morgan fingerprint density at radius 1 is 1.50 bits per heavy atom. The number of hydrogen-bond acceptors (Lipinski definition) is 4. The van der Waals surface area contributed by atoms with Gasteiger partial charge >= 0.3 is 0 Å². The average Bonchev–Trinajstić information content (AvgIpc) is 2.90. The Hall–Kier alpha value is -1.43. The highest BCUT2D eigenvalue weighted by Crippen LogP contribution is 2.18. The third kappa shape index (κ3) is 2.87. The molecule has 2 heterocycles. The molecule has 0 saturated heterocycles. The summed E-state index contributed by atoms with van der Waals surface area (Å²) in [6, 6.07) is -0.0635. The van der Waals surface area contributed by atoms with Gasteiger partial charge in [0.2, 0.25) is 5.91 Å². The molecular formula is C12H21N5O. The number of nitrogens with zero attached hydrogens (tertiary/aromatic N) is 3. The quantitative estimate of drug-likeness (QED) is 0.718. The summed E-state index contributed by atoms with van der Waals surface area (Å²) in [5.41, 5.74) is 0. The molecule has 0 bridgehead atoms. The van der Waals surface area contributed by atoms with Crippen molar-refractivity contribution in [2.45, 2.75) is 45.2 Å². The fourth-order valence-electron chi connectivity index (χ4n) is 2.30. The van der Waals surface area contributed by atoms with E-state index in [0.717, 1.165) is 44.0 Å². The number of aromatic nitrogens is 3. The molecule has 1 aliphatic heterocycles. The zero-order valence-electron chi connectivity index (χ0n) is 11.1. The summed E-state index contributed by atoms with van der Waals surface area (Å²) in [6.45, 7) is 3.80. The van der Waals surface area contributed by atoms with E-state index in [2.05, 4.69) is 25.4 Å². The SMILES string of the molecule is CNCCCC(=O)NC(C)c1nnc2n1CCC2.